The fourth-order valence-corrected chi connectivity index (χ4v) is 3.63. The minimum absolute atomic E-state index is 0.0918. The van der Waals surface area contributed by atoms with Gasteiger partial charge >= 0.3 is 0 Å². The van der Waals surface area contributed by atoms with Crippen molar-refractivity contribution in [3.05, 3.63) is 64.9 Å². The number of anilines is 1. The Morgan fingerprint density at radius 1 is 1.19 bits per heavy atom. The number of hydrogen-bond donors (Lipinski definition) is 1. The van der Waals surface area contributed by atoms with Crippen molar-refractivity contribution in [1.82, 2.24) is 14.8 Å². The zero-order chi connectivity index (χ0) is 19.1. The van der Waals surface area contributed by atoms with Crippen molar-refractivity contribution >= 4 is 39.3 Å². The molecule has 0 aliphatic heterocycles. The van der Waals surface area contributed by atoms with Crippen molar-refractivity contribution in [2.24, 2.45) is 0 Å². The molecule has 0 aliphatic carbocycles. The lowest BCUT2D eigenvalue weighted by atomic mass is 10.3. The van der Waals surface area contributed by atoms with Crippen LogP contribution in [0.2, 0.25) is 0 Å². The molecule has 0 spiro atoms. The van der Waals surface area contributed by atoms with Crippen LogP contribution in [0.15, 0.2) is 64.2 Å². The van der Waals surface area contributed by atoms with Gasteiger partial charge in [-0.15, -0.1) is 10.2 Å². The largest absolute Gasteiger partial charge is 0.486 e. The van der Waals surface area contributed by atoms with E-state index >= 15 is 0 Å². The number of thioether (sulfide) groups is 1. The summed E-state index contributed by atoms with van der Waals surface area (Å²) < 4.78 is 8.62. The molecule has 1 N–H and O–H groups in total. The number of carbonyl (C=O) groups is 1. The summed E-state index contributed by atoms with van der Waals surface area (Å²) in [5.41, 5.74) is 0.754. The van der Waals surface area contributed by atoms with E-state index in [1.807, 2.05) is 66.1 Å². The molecule has 0 radical (unpaired) electrons. The van der Waals surface area contributed by atoms with Gasteiger partial charge in [-0.1, -0.05) is 52.0 Å². The molecule has 1 amide bonds. The van der Waals surface area contributed by atoms with E-state index in [0.717, 1.165) is 21.7 Å². The molecule has 140 valence electrons. The molecule has 3 rings (SSSR count). The van der Waals surface area contributed by atoms with Gasteiger partial charge in [-0.25, -0.2) is 0 Å². The van der Waals surface area contributed by atoms with Gasteiger partial charge in [0.15, 0.2) is 11.0 Å². The molecule has 0 saturated carbocycles. The third-order valence-electron chi connectivity index (χ3n) is 3.66. The first-order valence-electron chi connectivity index (χ1n) is 8.44. The molecule has 3 aromatic rings. The normalized spacial score (nSPS) is 10.6. The average molecular weight is 447 g/mol. The molecule has 0 unspecified atom stereocenters. The van der Waals surface area contributed by atoms with Gasteiger partial charge in [0.1, 0.15) is 12.4 Å². The average Bonchev–Trinajstić information content (AvgIpc) is 3.07. The van der Waals surface area contributed by atoms with Gasteiger partial charge in [0.2, 0.25) is 5.91 Å². The molecule has 1 heterocycles. The van der Waals surface area contributed by atoms with E-state index in [4.69, 9.17) is 4.74 Å². The van der Waals surface area contributed by atoms with Crippen molar-refractivity contribution in [3.8, 4) is 5.75 Å². The zero-order valence-electron chi connectivity index (χ0n) is 14.8. The zero-order valence-corrected chi connectivity index (χ0v) is 17.2. The van der Waals surface area contributed by atoms with E-state index in [9.17, 15) is 4.79 Å². The van der Waals surface area contributed by atoms with Crippen LogP contribution in [-0.2, 0) is 17.9 Å². The van der Waals surface area contributed by atoms with Crippen molar-refractivity contribution in [3.63, 3.8) is 0 Å². The molecule has 0 atom stereocenters. The van der Waals surface area contributed by atoms with Crippen LogP contribution in [0.3, 0.4) is 0 Å². The lowest BCUT2D eigenvalue weighted by molar-refractivity contribution is -0.113. The van der Waals surface area contributed by atoms with Crippen LogP contribution in [0.4, 0.5) is 5.69 Å². The smallest absolute Gasteiger partial charge is 0.234 e. The van der Waals surface area contributed by atoms with Gasteiger partial charge in [0.25, 0.3) is 0 Å². The number of ether oxygens (including phenoxy) is 1. The lowest BCUT2D eigenvalue weighted by Gasteiger charge is -2.09. The first kappa shape index (κ1) is 19.4. The van der Waals surface area contributed by atoms with E-state index in [1.54, 1.807) is 0 Å². The number of amides is 1. The summed E-state index contributed by atoms with van der Waals surface area (Å²) in [4.78, 5) is 12.2. The highest BCUT2D eigenvalue weighted by molar-refractivity contribution is 9.10. The van der Waals surface area contributed by atoms with Crippen LogP contribution in [0.25, 0.3) is 0 Å². The number of rotatable bonds is 8. The number of carbonyl (C=O) groups excluding carboxylic acids is 1. The maximum atomic E-state index is 12.2. The number of halogens is 1. The molecule has 0 saturated heterocycles. The summed E-state index contributed by atoms with van der Waals surface area (Å²) in [6, 6.07) is 17.1. The molecule has 2 aromatic carbocycles. The van der Waals surface area contributed by atoms with Crippen LogP contribution in [0, 0.1) is 0 Å². The van der Waals surface area contributed by atoms with Crippen LogP contribution < -0.4 is 10.1 Å². The number of hydrogen-bond acceptors (Lipinski definition) is 5. The first-order valence-corrected chi connectivity index (χ1v) is 10.2. The molecular formula is C19H19BrN4O2S. The Balaban J connectivity index is 1.57. The van der Waals surface area contributed by atoms with Crippen LogP contribution in [0.5, 0.6) is 5.75 Å². The van der Waals surface area contributed by atoms with Gasteiger partial charge in [-0.2, -0.15) is 0 Å². The minimum atomic E-state index is -0.0918. The summed E-state index contributed by atoms with van der Waals surface area (Å²) in [6.07, 6.45) is 0. The van der Waals surface area contributed by atoms with Gasteiger partial charge < -0.3 is 14.6 Å². The molecule has 27 heavy (non-hydrogen) atoms. The van der Waals surface area contributed by atoms with E-state index in [0.29, 0.717) is 18.3 Å². The Morgan fingerprint density at radius 2 is 2.00 bits per heavy atom. The third kappa shape index (κ3) is 5.58. The number of benzene rings is 2. The molecule has 1 aromatic heterocycles. The quantitative estimate of drug-likeness (QED) is 0.520. The number of para-hydroxylation sites is 1. The van der Waals surface area contributed by atoms with E-state index in [-0.39, 0.29) is 11.7 Å². The summed E-state index contributed by atoms with van der Waals surface area (Å²) in [5, 5.41) is 12.0. The Hall–Kier alpha value is -2.32. The highest BCUT2D eigenvalue weighted by Crippen LogP contribution is 2.20. The number of aromatic nitrogens is 3. The second-order valence-electron chi connectivity index (χ2n) is 5.59. The molecule has 6 nitrogen and oxygen atoms in total. The third-order valence-corrected chi connectivity index (χ3v) is 5.12. The molecule has 8 heteroatoms. The summed E-state index contributed by atoms with van der Waals surface area (Å²) in [7, 11) is 0. The van der Waals surface area contributed by atoms with Crippen molar-refractivity contribution < 1.29 is 9.53 Å². The van der Waals surface area contributed by atoms with Gasteiger partial charge in [-0.05, 0) is 37.3 Å². The second kappa shape index (κ2) is 9.57. The highest BCUT2D eigenvalue weighted by Gasteiger charge is 2.14. The van der Waals surface area contributed by atoms with Crippen molar-refractivity contribution in [1.29, 1.82) is 0 Å². The number of nitrogens with one attached hydrogen (secondary N) is 1. The van der Waals surface area contributed by atoms with E-state index in [2.05, 4.69) is 31.4 Å². The van der Waals surface area contributed by atoms with Crippen molar-refractivity contribution in [2.45, 2.75) is 25.2 Å². The standard InChI is InChI=1S/C19H19BrN4O2S/c1-2-24-17(12-26-16-9-4-3-5-10-16)22-23-19(24)27-13-18(25)21-15-8-6-7-14(20)11-15/h3-11H,2,12-13H2,1H3,(H,21,25). The Morgan fingerprint density at radius 3 is 2.74 bits per heavy atom. The second-order valence-corrected chi connectivity index (χ2v) is 7.45. The molecular weight excluding hydrogens is 428 g/mol. The topological polar surface area (TPSA) is 69.0 Å². The maximum absolute atomic E-state index is 12.2. The van der Waals surface area contributed by atoms with Crippen LogP contribution >= 0.6 is 27.7 Å². The van der Waals surface area contributed by atoms with E-state index in [1.165, 1.54) is 11.8 Å². The SMILES string of the molecule is CCn1c(COc2ccccc2)nnc1SCC(=O)Nc1cccc(Br)c1. The van der Waals surface area contributed by atoms with Gasteiger partial charge in [0, 0.05) is 16.7 Å². The molecule has 0 bridgehead atoms. The predicted octanol–water partition coefficient (Wildman–Crippen LogP) is 4.37. The lowest BCUT2D eigenvalue weighted by Crippen LogP contribution is -2.15. The fourth-order valence-electron chi connectivity index (χ4n) is 2.41. The van der Waals surface area contributed by atoms with Crippen LogP contribution in [-0.4, -0.2) is 26.4 Å². The van der Waals surface area contributed by atoms with E-state index < -0.39 is 0 Å². The summed E-state index contributed by atoms with van der Waals surface area (Å²) in [5.74, 6) is 1.68. The number of nitrogens with zero attached hydrogens (tertiary/aromatic N) is 3. The maximum Gasteiger partial charge on any atom is 0.234 e. The highest BCUT2D eigenvalue weighted by atomic mass is 79.9. The van der Waals surface area contributed by atoms with Gasteiger partial charge in [-0.3, -0.25) is 4.79 Å². The predicted molar refractivity (Wildman–Crippen MR) is 110 cm³/mol. The first-order chi connectivity index (χ1) is 13.2. The Bertz CT molecular complexity index is 902. The molecule has 0 aliphatic rings. The van der Waals surface area contributed by atoms with Crippen molar-refractivity contribution in [2.75, 3.05) is 11.1 Å². The minimum Gasteiger partial charge on any atom is -0.486 e. The Labute approximate surface area is 170 Å². The van der Waals surface area contributed by atoms with Crippen LogP contribution in [0.1, 0.15) is 12.7 Å². The summed E-state index contributed by atoms with van der Waals surface area (Å²) >= 11 is 4.75. The monoisotopic (exact) mass is 446 g/mol. The Kier molecular flexibility index (Phi) is 6.89. The summed E-state index contributed by atoms with van der Waals surface area (Å²) in [6.45, 7) is 3.05. The van der Waals surface area contributed by atoms with Gasteiger partial charge in [0.05, 0.1) is 5.75 Å². The molecule has 0 fully saturated rings. The fraction of sp³-hybridized carbons (Fsp3) is 0.211.